The molecule has 0 aromatic carbocycles. The number of nitrogens with zero attached hydrogens (tertiary/aromatic N) is 5. The Morgan fingerprint density at radius 3 is 1.60 bits per heavy atom. The van der Waals surface area contributed by atoms with Crippen LogP contribution in [-0.2, 0) is 0 Å². The number of carbonyl (C=O) groups is 2. The normalized spacial score (nSPS) is 11.7. The quantitative estimate of drug-likeness (QED) is 0.484. The summed E-state index contributed by atoms with van der Waals surface area (Å²) >= 11 is 0. The van der Waals surface area contributed by atoms with Crippen LogP contribution in [0.5, 0.6) is 0 Å². The van der Waals surface area contributed by atoms with Gasteiger partial charge in [0.1, 0.15) is 0 Å². The fourth-order valence-corrected chi connectivity index (χ4v) is 2.34. The lowest BCUT2D eigenvalue weighted by Gasteiger charge is -2.06. The molecule has 3 rings (SSSR count). The zero-order valence-electron chi connectivity index (χ0n) is 16.4. The Balaban J connectivity index is 1.68. The minimum atomic E-state index is -0.366. The van der Waals surface area contributed by atoms with Gasteiger partial charge in [-0.15, -0.1) is 0 Å². The van der Waals surface area contributed by atoms with Gasteiger partial charge in [-0.2, -0.15) is 10.2 Å². The van der Waals surface area contributed by atoms with Gasteiger partial charge in [0.25, 0.3) is 11.8 Å². The monoisotopic (exact) mass is 401 g/mol. The number of hydrazone groups is 2. The molecule has 0 radical (unpaired) electrons. The molecule has 0 spiro atoms. The first-order valence-corrected chi connectivity index (χ1v) is 9.01. The SMILES string of the molecule is C/C(=N\NC(=O)c1cccnc1)c1cccc(/C(C)=N/NC(=O)c2cccnc2)n1. The van der Waals surface area contributed by atoms with Gasteiger partial charge in [0, 0.05) is 24.8 Å². The van der Waals surface area contributed by atoms with E-state index in [9.17, 15) is 9.59 Å². The number of hydrogen-bond acceptors (Lipinski definition) is 7. The number of hydrogen-bond donors (Lipinski definition) is 2. The third kappa shape index (κ3) is 5.38. The standard InChI is InChI=1S/C21H19N7O2/c1-14(25-27-20(29)16-6-4-10-22-12-16)18-8-3-9-19(24-18)15(2)26-28-21(30)17-7-5-11-23-13-17/h3-13H,1-2H3,(H,27,29)(H,28,30)/b25-14+,26-15+. The van der Waals surface area contributed by atoms with E-state index < -0.39 is 0 Å². The molecule has 2 N–H and O–H groups in total. The predicted octanol–water partition coefficient (Wildman–Crippen LogP) is 2.18. The van der Waals surface area contributed by atoms with Crippen molar-refractivity contribution in [2.45, 2.75) is 13.8 Å². The van der Waals surface area contributed by atoms with Crippen LogP contribution in [0.1, 0.15) is 46.0 Å². The van der Waals surface area contributed by atoms with E-state index in [4.69, 9.17) is 0 Å². The highest BCUT2D eigenvalue weighted by Crippen LogP contribution is 2.04. The van der Waals surface area contributed by atoms with Gasteiger partial charge >= 0.3 is 0 Å². The molecule has 0 saturated carbocycles. The van der Waals surface area contributed by atoms with Crippen LogP contribution in [0.2, 0.25) is 0 Å². The zero-order chi connectivity index (χ0) is 21.3. The van der Waals surface area contributed by atoms with Crippen LogP contribution >= 0.6 is 0 Å². The number of nitrogens with one attached hydrogen (secondary N) is 2. The average molecular weight is 401 g/mol. The minimum Gasteiger partial charge on any atom is -0.267 e. The lowest BCUT2D eigenvalue weighted by Crippen LogP contribution is -2.21. The summed E-state index contributed by atoms with van der Waals surface area (Å²) < 4.78 is 0. The van der Waals surface area contributed by atoms with Crippen LogP contribution in [-0.4, -0.2) is 38.2 Å². The molecular weight excluding hydrogens is 382 g/mol. The molecule has 3 aromatic rings. The molecule has 0 aliphatic rings. The highest BCUT2D eigenvalue weighted by atomic mass is 16.2. The third-order valence-corrected chi connectivity index (χ3v) is 3.99. The van der Waals surface area contributed by atoms with Crippen LogP contribution < -0.4 is 10.9 Å². The molecule has 0 aliphatic carbocycles. The second kappa shape index (κ2) is 9.78. The molecule has 9 heteroatoms. The van der Waals surface area contributed by atoms with Crippen molar-refractivity contribution in [2.75, 3.05) is 0 Å². The van der Waals surface area contributed by atoms with Gasteiger partial charge < -0.3 is 0 Å². The third-order valence-electron chi connectivity index (χ3n) is 3.99. The van der Waals surface area contributed by atoms with Crippen LogP contribution in [0.4, 0.5) is 0 Å². The Morgan fingerprint density at radius 1 is 0.733 bits per heavy atom. The summed E-state index contributed by atoms with van der Waals surface area (Å²) in [7, 11) is 0. The van der Waals surface area contributed by atoms with Gasteiger partial charge in [-0.25, -0.2) is 15.8 Å². The summed E-state index contributed by atoms with van der Waals surface area (Å²) in [6, 6.07) is 12.0. The van der Waals surface area contributed by atoms with Crippen molar-refractivity contribution in [3.05, 3.63) is 89.8 Å². The Hall–Kier alpha value is -4.27. The summed E-state index contributed by atoms with van der Waals surface area (Å²) in [5.41, 5.74) is 7.93. The first-order valence-electron chi connectivity index (χ1n) is 9.01. The Morgan fingerprint density at radius 2 is 1.20 bits per heavy atom. The van der Waals surface area contributed by atoms with Crippen molar-refractivity contribution >= 4 is 23.2 Å². The first kappa shape index (κ1) is 20.5. The summed E-state index contributed by atoms with van der Waals surface area (Å²) in [5.74, 6) is -0.732. The highest BCUT2D eigenvalue weighted by Gasteiger charge is 2.08. The van der Waals surface area contributed by atoms with E-state index in [-0.39, 0.29) is 11.8 Å². The number of rotatable bonds is 6. The fraction of sp³-hybridized carbons (Fsp3) is 0.0952. The van der Waals surface area contributed by atoms with Crippen molar-refractivity contribution in [2.24, 2.45) is 10.2 Å². The Bertz CT molecular complexity index is 1010. The van der Waals surface area contributed by atoms with Crippen LogP contribution in [0.25, 0.3) is 0 Å². The van der Waals surface area contributed by atoms with E-state index in [1.807, 2.05) is 0 Å². The molecule has 9 nitrogen and oxygen atoms in total. The maximum Gasteiger partial charge on any atom is 0.272 e. The molecule has 150 valence electrons. The van der Waals surface area contributed by atoms with Gasteiger partial charge in [-0.05, 0) is 50.2 Å². The van der Waals surface area contributed by atoms with Gasteiger partial charge in [0.2, 0.25) is 0 Å². The summed E-state index contributed by atoms with van der Waals surface area (Å²) in [5, 5.41) is 8.19. The topological polar surface area (TPSA) is 122 Å². The molecule has 0 saturated heterocycles. The largest absolute Gasteiger partial charge is 0.272 e. The second-order valence-corrected chi connectivity index (χ2v) is 6.17. The fourth-order valence-electron chi connectivity index (χ4n) is 2.34. The molecule has 2 amide bonds. The smallest absolute Gasteiger partial charge is 0.267 e. The lowest BCUT2D eigenvalue weighted by molar-refractivity contribution is 0.0946. The summed E-state index contributed by atoms with van der Waals surface area (Å²) in [6.45, 7) is 3.46. The van der Waals surface area contributed by atoms with Crippen molar-refractivity contribution in [3.63, 3.8) is 0 Å². The Labute approximate surface area is 173 Å². The minimum absolute atomic E-state index is 0.366. The number of aromatic nitrogens is 3. The molecule has 0 atom stereocenters. The highest BCUT2D eigenvalue weighted by molar-refractivity contribution is 6.02. The van der Waals surface area contributed by atoms with E-state index in [2.05, 4.69) is 36.0 Å². The summed E-state index contributed by atoms with van der Waals surface area (Å²) in [6.07, 6.45) is 6.09. The number of pyridine rings is 3. The lowest BCUT2D eigenvalue weighted by atomic mass is 10.2. The van der Waals surface area contributed by atoms with Crippen LogP contribution in [0, 0.1) is 0 Å². The van der Waals surface area contributed by atoms with Gasteiger partial charge in [-0.3, -0.25) is 19.6 Å². The molecular formula is C21H19N7O2. The maximum atomic E-state index is 12.1. The van der Waals surface area contributed by atoms with Crippen LogP contribution in [0.3, 0.4) is 0 Å². The predicted molar refractivity (Wildman–Crippen MR) is 112 cm³/mol. The molecule has 3 heterocycles. The van der Waals surface area contributed by atoms with E-state index in [1.54, 1.807) is 68.7 Å². The van der Waals surface area contributed by atoms with Crippen molar-refractivity contribution in [1.29, 1.82) is 0 Å². The second-order valence-electron chi connectivity index (χ2n) is 6.17. The van der Waals surface area contributed by atoms with E-state index in [0.29, 0.717) is 33.9 Å². The Kier molecular flexibility index (Phi) is 6.67. The van der Waals surface area contributed by atoms with Crippen molar-refractivity contribution in [3.8, 4) is 0 Å². The van der Waals surface area contributed by atoms with E-state index in [1.165, 1.54) is 12.4 Å². The molecule has 0 fully saturated rings. The molecule has 30 heavy (non-hydrogen) atoms. The molecule has 0 aliphatic heterocycles. The van der Waals surface area contributed by atoms with Crippen molar-refractivity contribution < 1.29 is 9.59 Å². The van der Waals surface area contributed by atoms with Gasteiger partial charge in [0.15, 0.2) is 0 Å². The summed E-state index contributed by atoms with van der Waals surface area (Å²) in [4.78, 5) is 36.4. The zero-order valence-corrected chi connectivity index (χ0v) is 16.4. The maximum absolute atomic E-state index is 12.1. The van der Waals surface area contributed by atoms with E-state index in [0.717, 1.165) is 0 Å². The average Bonchev–Trinajstić information content (AvgIpc) is 2.81. The molecule has 0 bridgehead atoms. The van der Waals surface area contributed by atoms with Crippen LogP contribution in [0.15, 0.2) is 77.5 Å². The molecule has 3 aromatic heterocycles. The van der Waals surface area contributed by atoms with E-state index >= 15 is 0 Å². The first-order chi connectivity index (χ1) is 14.5. The van der Waals surface area contributed by atoms with Gasteiger partial charge in [-0.1, -0.05) is 6.07 Å². The number of carbonyl (C=O) groups excluding carboxylic acids is 2. The van der Waals surface area contributed by atoms with Gasteiger partial charge in [0.05, 0.1) is 33.9 Å². The number of amides is 2. The van der Waals surface area contributed by atoms with Crippen molar-refractivity contribution in [1.82, 2.24) is 25.8 Å². The molecule has 0 unspecified atom stereocenters.